The standard InChI is InChI=1S/C51H34N4O/c1-5-15-35(16-6-1)36-25-28-41(29-26-36)55(46-24-14-13-23-43(46)37-17-7-2-8-18-37)42-30-32-45-44-31-27-40(33-47(44)56-48(45)34-42)51-53-49(38-19-9-3-10-20-38)52-50(54-51)39-21-11-4-12-22-39/h1-34H. The van der Waals surface area contributed by atoms with Gasteiger partial charge in [-0.2, -0.15) is 0 Å². The Labute approximate surface area is 324 Å². The van der Waals surface area contributed by atoms with Crippen molar-refractivity contribution in [1.82, 2.24) is 15.0 Å². The van der Waals surface area contributed by atoms with Gasteiger partial charge in [-0.25, -0.2) is 15.0 Å². The van der Waals surface area contributed by atoms with E-state index >= 15 is 0 Å². The van der Waals surface area contributed by atoms with Crippen molar-refractivity contribution in [3.63, 3.8) is 0 Å². The largest absolute Gasteiger partial charge is 0.456 e. The van der Waals surface area contributed by atoms with Gasteiger partial charge < -0.3 is 9.32 Å². The van der Waals surface area contributed by atoms with E-state index in [-0.39, 0.29) is 0 Å². The molecule has 0 unspecified atom stereocenters. The predicted octanol–water partition coefficient (Wildman–Crippen LogP) is 13.6. The minimum absolute atomic E-state index is 0.586. The van der Waals surface area contributed by atoms with Crippen LogP contribution in [0.2, 0.25) is 0 Å². The van der Waals surface area contributed by atoms with Crippen molar-refractivity contribution >= 4 is 39.0 Å². The molecule has 0 aliphatic heterocycles. The average molecular weight is 719 g/mol. The molecule has 0 spiro atoms. The zero-order valence-corrected chi connectivity index (χ0v) is 30.3. The molecule has 0 aliphatic rings. The first-order valence-electron chi connectivity index (χ1n) is 18.7. The SMILES string of the molecule is c1ccc(-c2ccc(N(c3ccc4c(c3)oc3cc(-c5nc(-c6ccccc6)nc(-c6ccccc6)n5)ccc34)c3ccccc3-c3ccccc3)cc2)cc1. The first-order chi connectivity index (χ1) is 27.7. The third-order valence-electron chi connectivity index (χ3n) is 10.1. The summed E-state index contributed by atoms with van der Waals surface area (Å²) >= 11 is 0. The topological polar surface area (TPSA) is 55.1 Å². The molecule has 0 atom stereocenters. The summed E-state index contributed by atoms with van der Waals surface area (Å²) in [5.41, 5.74) is 12.0. The van der Waals surface area contributed by atoms with Crippen molar-refractivity contribution in [3.8, 4) is 56.4 Å². The lowest BCUT2D eigenvalue weighted by molar-refractivity contribution is 0.669. The molecule has 264 valence electrons. The van der Waals surface area contributed by atoms with Crippen molar-refractivity contribution in [2.75, 3.05) is 4.90 Å². The molecule has 5 heteroatoms. The van der Waals surface area contributed by atoms with Crippen molar-refractivity contribution in [2.24, 2.45) is 0 Å². The van der Waals surface area contributed by atoms with Crippen molar-refractivity contribution in [2.45, 2.75) is 0 Å². The first kappa shape index (κ1) is 33.0. The summed E-state index contributed by atoms with van der Waals surface area (Å²) in [6.07, 6.45) is 0. The second-order valence-electron chi connectivity index (χ2n) is 13.7. The van der Waals surface area contributed by atoms with Gasteiger partial charge in [-0.1, -0.05) is 158 Å². The highest BCUT2D eigenvalue weighted by atomic mass is 16.3. The highest BCUT2D eigenvalue weighted by Gasteiger charge is 2.20. The monoisotopic (exact) mass is 718 g/mol. The summed E-state index contributed by atoms with van der Waals surface area (Å²) in [5, 5.41) is 2.07. The molecule has 10 aromatic rings. The number of hydrogen-bond acceptors (Lipinski definition) is 5. The van der Waals surface area contributed by atoms with Gasteiger partial charge in [0.25, 0.3) is 0 Å². The van der Waals surface area contributed by atoms with E-state index in [2.05, 4.69) is 138 Å². The molecule has 0 amide bonds. The van der Waals surface area contributed by atoms with Gasteiger partial charge in [-0.3, -0.25) is 0 Å². The zero-order chi connectivity index (χ0) is 37.3. The third-order valence-corrected chi connectivity index (χ3v) is 10.1. The maximum atomic E-state index is 6.70. The van der Waals surface area contributed by atoms with Crippen molar-refractivity contribution in [1.29, 1.82) is 0 Å². The summed E-state index contributed by atoms with van der Waals surface area (Å²) < 4.78 is 6.70. The Morgan fingerprint density at radius 1 is 0.321 bits per heavy atom. The Morgan fingerprint density at radius 2 is 0.750 bits per heavy atom. The van der Waals surface area contributed by atoms with Gasteiger partial charge in [0.2, 0.25) is 0 Å². The lowest BCUT2D eigenvalue weighted by Crippen LogP contribution is -2.11. The first-order valence-corrected chi connectivity index (χ1v) is 18.7. The Bertz CT molecular complexity index is 2890. The van der Waals surface area contributed by atoms with Crippen LogP contribution in [-0.4, -0.2) is 15.0 Å². The van der Waals surface area contributed by atoms with Crippen LogP contribution in [-0.2, 0) is 0 Å². The summed E-state index contributed by atoms with van der Waals surface area (Å²) in [4.78, 5) is 17.1. The van der Waals surface area contributed by atoms with E-state index in [1.54, 1.807) is 0 Å². The highest BCUT2D eigenvalue weighted by Crippen LogP contribution is 2.43. The molecule has 0 bridgehead atoms. The van der Waals surface area contributed by atoms with Gasteiger partial charge in [0, 0.05) is 50.5 Å². The van der Waals surface area contributed by atoms with Crippen LogP contribution >= 0.6 is 0 Å². The number of anilines is 3. The van der Waals surface area contributed by atoms with E-state index in [0.29, 0.717) is 17.5 Å². The fourth-order valence-corrected chi connectivity index (χ4v) is 7.37. The number of hydrogen-bond donors (Lipinski definition) is 0. The van der Waals surface area contributed by atoms with Gasteiger partial charge >= 0.3 is 0 Å². The number of para-hydroxylation sites is 1. The van der Waals surface area contributed by atoms with Gasteiger partial charge in [-0.05, 0) is 59.2 Å². The Balaban J connectivity index is 1.09. The summed E-state index contributed by atoms with van der Waals surface area (Å²) in [5.74, 6) is 1.83. The van der Waals surface area contributed by atoms with Crippen LogP contribution in [0.15, 0.2) is 211 Å². The maximum absolute atomic E-state index is 6.70. The fraction of sp³-hybridized carbons (Fsp3) is 0. The van der Waals surface area contributed by atoms with Crippen LogP contribution < -0.4 is 4.90 Å². The molecule has 0 saturated carbocycles. The van der Waals surface area contributed by atoms with Crippen LogP contribution in [0.1, 0.15) is 0 Å². The predicted molar refractivity (Wildman–Crippen MR) is 229 cm³/mol. The lowest BCUT2D eigenvalue weighted by atomic mass is 10.0. The molecule has 2 heterocycles. The van der Waals surface area contributed by atoms with E-state index in [0.717, 1.165) is 66.8 Å². The van der Waals surface area contributed by atoms with Crippen LogP contribution in [0.5, 0.6) is 0 Å². The Morgan fingerprint density at radius 3 is 1.36 bits per heavy atom. The molecule has 0 N–H and O–H groups in total. The smallest absolute Gasteiger partial charge is 0.164 e. The molecule has 0 saturated heterocycles. The van der Waals surface area contributed by atoms with Crippen LogP contribution in [0.25, 0.3) is 78.4 Å². The van der Waals surface area contributed by atoms with Crippen LogP contribution in [0.3, 0.4) is 0 Å². The number of nitrogens with zero attached hydrogens (tertiary/aromatic N) is 4. The minimum Gasteiger partial charge on any atom is -0.456 e. The van der Waals surface area contributed by atoms with Gasteiger partial charge in [-0.15, -0.1) is 0 Å². The number of fused-ring (bicyclic) bond motifs is 3. The molecule has 0 aliphatic carbocycles. The van der Waals surface area contributed by atoms with Gasteiger partial charge in [0.05, 0.1) is 5.69 Å². The Hall–Kier alpha value is -7.63. The van der Waals surface area contributed by atoms with Gasteiger partial charge in [0.15, 0.2) is 17.5 Å². The number of rotatable bonds is 8. The summed E-state index contributed by atoms with van der Waals surface area (Å²) in [7, 11) is 0. The van der Waals surface area contributed by atoms with E-state index in [1.807, 2.05) is 72.8 Å². The van der Waals surface area contributed by atoms with Crippen molar-refractivity contribution in [3.05, 3.63) is 206 Å². The van der Waals surface area contributed by atoms with E-state index in [4.69, 9.17) is 19.4 Å². The third kappa shape index (κ3) is 6.27. The molecule has 0 fully saturated rings. The molecular formula is C51H34N4O. The van der Waals surface area contributed by atoms with Crippen molar-refractivity contribution < 1.29 is 4.42 Å². The van der Waals surface area contributed by atoms with Gasteiger partial charge in [0.1, 0.15) is 11.2 Å². The second kappa shape index (κ2) is 14.3. The fourth-order valence-electron chi connectivity index (χ4n) is 7.37. The summed E-state index contributed by atoms with van der Waals surface area (Å²) in [6.45, 7) is 0. The van der Waals surface area contributed by atoms with Crippen LogP contribution in [0.4, 0.5) is 17.1 Å². The zero-order valence-electron chi connectivity index (χ0n) is 30.3. The molecule has 56 heavy (non-hydrogen) atoms. The summed E-state index contributed by atoms with van der Waals surface area (Å²) in [6, 6.07) is 71.1. The maximum Gasteiger partial charge on any atom is 0.164 e. The number of aromatic nitrogens is 3. The molecular weight excluding hydrogens is 685 g/mol. The molecule has 2 aromatic heterocycles. The second-order valence-corrected chi connectivity index (χ2v) is 13.7. The van der Waals surface area contributed by atoms with Crippen LogP contribution in [0, 0.1) is 0 Å². The normalized spacial score (nSPS) is 11.2. The average Bonchev–Trinajstić information content (AvgIpc) is 3.65. The highest BCUT2D eigenvalue weighted by molar-refractivity contribution is 6.07. The molecule has 10 rings (SSSR count). The van der Waals surface area contributed by atoms with E-state index in [9.17, 15) is 0 Å². The molecule has 5 nitrogen and oxygen atoms in total. The molecule has 0 radical (unpaired) electrons. The number of furan rings is 1. The Kier molecular flexibility index (Phi) is 8.43. The quantitative estimate of drug-likeness (QED) is 0.157. The minimum atomic E-state index is 0.586. The van der Waals surface area contributed by atoms with E-state index in [1.165, 1.54) is 11.1 Å². The lowest BCUT2D eigenvalue weighted by Gasteiger charge is -2.28. The number of benzene rings is 8. The van der Waals surface area contributed by atoms with E-state index < -0.39 is 0 Å². The molecule has 8 aromatic carbocycles.